The number of rotatable bonds is 2. The smallest absolute Gasteiger partial charge is 0.193 e. The lowest BCUT2D eigenvalue weighted by molar-refractivity contribution is 0.209. The molecule has 1 atom stereocenters. The van der Waals surface area contributed by atoms with E-state index in [9.17, 15) is 0 Å². The Balaban J connectivity index is 0.00000208. The van der Waals surface area contributed by atoms with Crippen molar-refractivity contribution in [2.75, 3.05) is 52.6 Å². The van der Waals surface area contributed by atoms with Crippen LogP contribution < -0.4 is 5.32 Å². The topological polar surface area (TPSA) is 30.9 Å². The molecule has 1 aliphatic carbocycles. The third kappa shape index (κ3) is 5.40. The molecule has 3 aliphatic rings. The van der Waals surface area contributed by atoms with Crippen molar-refractivity contribution in [2.45, 2.75) is 49.7 Å². The minimum Gasteiger partial charge on any atom is -0.356 e. The second-order valence-electron chi connectivity index (χ2n) is 7.71. The average Bonchev–Trinajstić information content (AvgIpc) is 2.56. The number of aliphatic imine (C=N–C) groups is 1. The van der Waals surface area contributed by atoms with Gasteiger partial charge in [-0.2, -0.15) is 11.8 Å². The fourth-order valence-corrected chi connectivity index (χ4v) is 6.10. The van der Waals surface area contributed by atoms with Crippen LogP contribution >= 0.6 is 35.7 Å². The van der Waals surface area contributed by atoms with Gasteiger partial charge in [-0.3, -0.25) is 4.99 Å². The average molecular weight is 466 g/mol. The number of guanidine groups is 1. The maximum atomic E-state index is 4.60. The van der Waals surface area contributed by atoms with Gasteiger partial charge < -0.3 is 15.1 Å². The molecule has 1 saturated carbocycles. The van der Waals surface area contributed by atoms with Crippen molar-refractivity contribution in [3.8, 4) is 0 Å². The molecule has 3 fully saturated rings. The first-order valence-electron chi connectivity index (χ1n) is 9.49. The molecule has 0 aromatic heterocycles. The SMILES string of the molecule is CN=C(NCC1CCCN(C)C1)N1CCSC2(CCCCC2)C1.I. The van der Waals surface area contributed by atoms with Gasteiger partial charge >= 0.3 is 0 Å². The number of halogens is 1. The van der Waals surface area contributed by atoms with E-state index in [1.54, 1.807) is 0 Å². The minimum absolute atomic E-state index is 0. The highest BCUT2D eigenvalue weighted by Crippen LogP contribution is 2.42. The van der Waals surface area contributed by atoms with E-state index < -0.39 is 0 Å². The van der Waals surface area contributed by atoms with E-state index in [2.05, 4.69) is 38.9 Å². The molecule has 1 spiro atoms. The number of hydrogen-bond acceptors (Lipinski definition) is 3. The van der Waals surface area contributed by atoms with Crippen LogP contribution in [0.1, 0.15) is 44.9 Å². The zero-order valence-corrected chi connectivity index (χ0v) is 18.6. The highest BCUT2D eigenvalue weighted by Gasteiger charge is 2.38. The Morgan fingerprint density at radius 2 is 2.00 bits per heavy atom. The zero-order valence-electron chi connectivity index (χ0n) is 15.4. The van der Waals surface area contributed by atoms with E-state index in [0.717, 1.165) is 25.0 Å². The summed E-state index contributed by atoms with van der Waals surface area (Å²) in [5.41, 5.74) is 0. The quantitative estimate of drug-likeness (QED) is 0.385. The minimum atomic E-state index is 0. The third-order valence-electron chi connectivity index (χ3n) is 5.80. The van der Waals surface area contributed by atoms with Gasteiger partial charge in [0.15, 0.2) is 5.96 Å². The van der Waals surface area contributed by atoms with Gasteiger partial charge in [-0.25, -0.2) is 0 Å². The number of likely N-dealkylation sites (tertiary alicyclic amines) is 1. The molecule has 24 heavy (non-hydrogen) atoms. The summed E-state index contributed by atoms with van der Waals surface area (Å²) in [6.07, 6.45) is 9.77. The van der Waals surface area contributed by atoms with Crippen LogP contribution in [0.5, 0.6) is 0 Å². The predicted octanol–water partition coefficient (Wildman–Crippen LogP) is 3.27. The number of thioether (sulfide) groups is 1. The van der Waals surface area contributed by atoms with Crippen LogP contribution in [0.4, 0.5) is 0 Å². The number of nitrogens with zero attached hydrogens (tertiary/aromatic N) is 3. The van der Waals surface area contributed by atoms with E-state index in [4.69, 9.17) is 0 Å². The standard InChI is InChI=1S/C18H34N4S.HI/c1-19-17(20-13-16-7-6-10-21(2)14-16)22-11-12-23-18(15-22)8-4-3-5-9-18;/h16H,3-15H2,1-2H3,(H,19,20);1H. The van der Waals surface area contributed by atoms with Crippen molar-refractivity contribution in [1.82, 2.24) is 15.1 Å². The van der Waals surface area contributed by atoms with Gasteiger partial charge in [0.05, 0.1) is 0 Å². The van der Waals surface area contributed by atoms with Gasteiger partial charge in [-0.1, -0.05) is 19.3 Å². The van der Waals surface area contributed by atoms with Crippen molar-refractivity contribution in [1.29, 1.82) is 0 Å². The highest BCUT2D eigenvalue weighted by molar-refractivity contribution is 14.0. The maximum Gasteiger partial charge on any atom is 0.193 e. The van der Waals surface area contributed by atoms with Crippen molar-refractivity contribution in [3.05, 3.63) is 0 Å². The molecule has 2 aliphatic heterocycles. The molecule has 140 valence electrons. The summed E-state index contributed by atoms with van der Waals surface area (Å²) in [5, 5.41) is 3.69. The van der Waals surface area contributed by atoms with Gasteiger partial charge in [-0.05, 0) is 45.2 Å². The molecule has 0 radical (unpaired) electrons. The third-order valence-corrected chi connectivity index (χ3v) is 7.33. The summed E-state index contributed by atoms with van der Waals surface area (Å²) in [6.45, 7) is 5.91. The first kappa shape index (κ1) is 20.6. The normalized spacial score (nSPS) is 28.5. The van der Waals surface area contributed by atoms with Crippen LogP contribution in [-0.2, 0) is 0 Å². The molecule has 0 aromatic carbocycles. The van der Waals surface area contributed by atoms with Crippen molar-refractivity contribution in [2.24, 2.45) is 10.9 Å². The van der Waals surface area contributed by atoms with Gasteiger partial charge in [-0.15, -0.1) is 24.0 Å². The Morgan fingerprint density at radius 3 is 2.71 bits per heavy atom. The summed E-state index contributed by atoms with van der Waals surface area (Å²) < 4.78 is 0.513. The lowest BCUT2D eigenvalue weighted by Crippen LogP contribution is -2.54. The Kier molecular flexibility index (Phi) is 8.47. The molecule has 0 bridgehead atoms. The van der Waals surface area contributed by atoms with E-state index >= 15 is 0 Å². The van der Waals surface area contributed by atoms with Crippen LogP contribution in [0.3, 0.4) is 0 Å². The maximum absolute atomic E-state index is 4.60. The first-order valence-corrected chi connectivity index (χ1v) is 10.5. The molecular formula is C18H35IN4S. The molecule has 0 amide bonds. The summed E-state index contributed by atoms with van der Waals surface area (Å²) in [6, 6.07) is 0. The van der Waals surface area contributed by atoms with Crippen LogP contribution in [0.25, 0.3) is 0 Å². The van der Waals surface area contributed by atoms with E-state index in [1.807, 2.05) is 7.05 Å². The largest absolute Gasteiger partial charge is 0.356 e. The fraction of sp³-hybridized carbons (Fsp3) is 0.944. The molecule has 4 nitrogen and oxygen atoms in total. The van der Waals surface area contributed by atoms with E-state index in [-0.39, 0.29) is 24.0 Å². The van der Waals surface area contributed by atoms with Crippen LogP contribution in [-0.4, -0.2) is 73.1 Å². The van der Waals surface area contributed by atoms with Crippen molar-refractivity contribution in [3.63, 3.8) is 0 Å². The summed E-state index contributed by atoms with van der Waals surface area (Å²) in [5.74, 6) is 3.17. The highest BCUT2D eigenvalue weighted by atomic mass is 127. The first-order chi connectivity index (χ1) is 11.2. The van der Waals surface area contributed by atoms with Gasteiger partial charge in [0, 0.05) is 43.7 Å². The van der Waals surface area contributed by atoms with Crippen molar-refractivity contribution >= 4 is 41.7 Å². The molecule has 1 N–H and O–H groups in total. The zero-order chi connectivity index (χ0) is 16.1. The second-order valence-corrected chi connectivity index (χ2v) is 9.28. The van der Waals surface area contributed by atoms with Crippen LogP contribution in [0.2, 0.25) is 0 Å². The second kappa shape index (κ2) is 9.86. The molecule has 2 heterocycles. The van der Waals surface area contributed by atoms with Crippen molar-refractivity contribution < 1.29 is 0 Å². The molecule has 6 heteroatoms. The molecule has 2 saturated heterocycles. The summed E-state index contributed by atoms with van der Waals surface area (Å²) in [4.78, 5) is 9.60. The van der Waals surface area contributed by atoms with Gasteiger partial charge in [0.2, 0.25) is 0 Å². The monoisotopic (exact) mass is 466 g/mol. The van der Waals surface area contributed by atoms with E-state index in [1.165, 1.54) is 70.3 Å². The lowest BCUT2D eigenvalue weighted by atomic mass is 9.87. The van der Waals surface area contributed by atoms with E-state index in [0.29, 0.717) is 4.75 Å². The molecule has 0 aromatic rings. The summed E-state index contributed by atoms with van der Waals surface area (Å²) >= 11 is 2.23. The number of hydrogen-bond donors (Lipinski definition) is 1. The Morgan fingerprint density at radius 1 is 1.21 bits per heavy atom. The molecular weight excluding hydrogens is 431 g/mol. The Labute approximate surface area is 169 Å². The summed E-state index contributed by atoms with van der Waals surface area (Å²) in [7, 11) is 4.19. The number of nitrogens with one attached hydrogen (secondary N) is 1. The lowest BCUT2D eigenvalue weighted by Gasteiger charge is -2.45. The fourth-order valence-electron chi connectivity index (χ4n) is 4.53. The van der Waals surface area contributed by atoms with Crippen LogP contribution in [0.15, 0.2) is 4.99 Å². The Bertz CT molecular complexity index is 406. The predicted molar refractivity (Wildman–Crippen MR) is 117 cm³/mol. The Hall–Kier alpha value is 0.310. The van der Waals surface area contributed by atoms with Gasteiger partial charge in [0.25, 0.3) is 0 Å². The molecule has 1 unspecified atom stereocenters. The molecule has 3 rings (SSSR count). The number of piperidine rings is 1. The van der Waals surface area contributed by atoms with Gasteiger partial charge in [0.1, 0.15) is 0 Å². The van der Waals surface area contributed by atoms with Crippen LogP contribution in [0, 0.1) is 5.92 Å².